The summed E-state index contributed by atoms with van der Waals surface area (Å²) in [7, 11) is 1.47. The molecule has 0 amide bonds. The molecule has 1 N–H and O–H groups in total. The van der Waals surface area contributed by atoms with E-state index in [0.717, 1.165) is 4.57 Å². The minimum atomic E-state index is -1.16. The Labute approximate surface area is 96.4 Å². The summed E-state index contributed by atoms with van der Waals surface area (Å²) in [5, 5.41) is 9.62. The third-order valence-electron chi connectivity index (χ3n) is 2.41. The molecule has 0 bridgehead atoms. The van der Waals surface area contributed by atoms with E-state index < -0.39 is 5.97 Å². The molecular formula is C11H10N2O4. The number of carboxylic acids is 1. The van der Waals surface area contributed by atoms with Crippen molar-refractivity contribution < 1.29 is 19.4 Å². The van der Waals surface area contributed by atoms with Crippen molar-refractivity contribution >= 4 is 22.8 Å². The quantitative estimate of drug-likeness (QED) is 0.849. The Balaban J connectivity index is 2.79. The van der Waals surface area contributed by atoms with Gasteiger partial charge in [-0.05, 0) is 6.07 Å². The average Bonchev–Trinajstić information content (AvgIpc) is 2.66. The molecule has 0 fully saturated rings. The summed E-state index contributed by atoms with van der Waals surface area (Å²) in [6.45, 7) is 1.30. The smallest absolute Gasteiger partial charge is 0.352 e. The summed E-state index contributed by atoms with van der Waals surface area (Å²) < 4.78 is 6.05. The van der Waals surface area contributed by atoms with Gasteiger partial charge < -0.3 is 9.84 Å². The molecule has 0 saturated heterocycles. The van der Waals surface area contributed by atoms with Crippen molar-refractivity contribution in [3.8, 4) is 5.88 Å². The molecule has 6 nitrogen and oxygen atoms in total. The number of carboxylic acid groups (broad SMARTS) is 1. The van der Waals surface area contributed by atoms with Gasteiger partial charge in [-0.2, -0.15) is 0 Å². The van der Waals surface area contributed by atoms with Crippen LogP contribution in [0, 0.1) is 0 Å². The van der Waals surface area contributed by atoms with E-state index in [4.69, 9.17) is 9.84 Å². The van der Waals surface area contributed by atoms with Gasteiger partial charge in [-0.1, -0.05) is 0 Å². The van der Waals surface area contributed by atoms with Crippen LogP contribution in [0.3, 0.4) is 0 Å². The number of aromatic carboxylic acids is 1. The first-order chi connectivity index (χ1) is 8.04. The van der Waals surface area contributed by atoms with Crippen molar-refractivity contribution in [1.29, 1.82) is 0 Å². The van der Waals surface area contributed by atoms with E-state index in [1.165, 1.54) is 26.3 Å². The van der Waals surface area contributed by atoms with E-state index in [0.29, 0.717) is 16.8 Å². The Morgan fingerprint density at radius 2 is 2.12 bits per heavy atom. The third-order valence-corrected chi connectivity index (χ3v) is 2.41. The molecule has 2 aromatic rings. The number of fused-ring (bicyclic) bond motifs is 1. The molecule has 6 heteroatoms. The zero-order valence-electron chi connectivity index (χ0n) is 9.30. The van der Waals surface area contributed by atoms with E-state index >= 15 is 0 Å². The fraction of sp³-hybridized carbons (Fsp3) is 0.182. The van der Waals surface area contributed by atoms with Crippen molar-refractivity contribution in [2.75, 3.05) is 7.11 Å². The molecule has 0 spiro atoms. The van der Waals surface area contributed by atoms with Crippen LogP contribution in [-0.2, 0) is 0 Å². The van der Waals surface area contributed by atoms with Crippen molar-refractivity contribution in [3.63, 3.8) is 0 Å². The lowest BCUT2D eigenvalue weighted by atomic mass is 10.3. The van der Waals surface area contributed by atoms with Crippen LogP contribution in [0.5, 0.6) is 5.88 Å². The highest BCUT2D eigenvalue weighted by atomic mass is 16.5. The molecule has 0 aromatic carbocycles. The number of rotatable bonds is 2. The number of pyridine rings is 1. The monoisotopic (exact) mass is 234 g/mol. The summed E-state index contributed by atoms with van der Waals surface area (Å²) in [6, 6.07) is 3.00. The molecule has 0 aliphatic carbocycles. The van der Waals surface area contributed by atoms with Crippen LogP contribution in [-0.4, -0.2) is 33.6 Å². The Hall–Kier alpha value is -2.37. The number of ether oxygens (including phenoxy) is 1. The van der Waals surface area contributed by atoms with Gasteiger partial charge in [-0.3, -0.25) is 9.36 Å². The fourth-order valence-electron chi connectivity index (χ4n) is 1.70. The van der Waals surface area contributed by atoms with Gasteiger partial charge in [0.2, 0.25) is 11.8 Å². The molecule has 0 aliphatic rings. The summed E-state index contributed by atoms with van der Waals surface area (Å²) in [5.41, 5.74) is 0.373. The molecular weight excluding hydrogens is 224 g/mol. The normalized spacial score (nSPS) is 10.5. The lowest BCUT2D eigenvalue weighted by Gasteiger charge is -2.02. The summed E-state index contributed by atoms with van der Waals surface area (Å²) in [5.74, 6) is -1.16. The van der Waals surface area contributed by atoms with E-state index in [-0.39, 0.29) is 11.6 Å². The second-order valence-corrected chi connectivity index (χ2v) is 3.47. The Bertz CT molecular complexity index is 615. The lowest BCUT2D eigenvalue weighted by Crippen LogP contribution is -2.13. The Morgan fingerprint density at radius 1 is 1.41 bits per heavy atom. The number of nitrogens with zero attached hydrogens (tertiary/aromatic N) is 2. The molecule has 0 unspecified atom stereocenters. The minimum absolute atomic E-state index is 0.0810. The number of methoxy groups -OCH3 is 1. The second-order valence-electron chi connectivity index (χ2n) is 3.47. The maximum atomic E-state index is 11.4. The summed E-state index contributed by atoms with van der Waals surface area (Å²) in [6.07, 6.45) is 1.42. The lowest BCUT2D eigenvalue weighted by molar-refractivity contribution is 0.0676. The highest BCUT2D eigenvalue weighted by Crippen LogP contribution is 2.22. The van der Waals surface area contributed by atoms with Crippen LogP contribution < -0.4 is 4.74 Å². The van der Waals surface area contributed by atoms with Gasteiger partial charge in [0.25, 0.3) is 0 Å². The Morgan fingerprint density at radius 3 is 2.65 bits per heavy atom. The molecule has 0 radical (unpaired) electrons. The molecule has 2 rings (SSSR count). The standard InChI is InChI=1S/C11H10N2O4/c1-6(14)13-8(11(15)16)3-7-4-10(17-2)12-5-9(7)13/h3-5H,1-2H3,(H,15,16). The highest BCUT2D eigenvalue weighted by molar-refractivity contribution is 6.01. The van der Waals surface area contributed by atoms with Gasteiger partial charge in [0, 0.05) is 18.4 Å². The van der Waals surface area contributed by atoms with Crippen molar-refractivity contribution in [2.45, 2.75) is 6.92 Å². The molecule has 0 aliphatic heterocycles. The highest BCUT2D eigenvalue weighted by Gasteiger charge is 2.17. The maximum Gasteiger partial charge on any atom is 0.352 e. The molecule has 0 atom stereocenters. The molecule has 2 aromatic heterocycles. The number of hydrogen-bond acceptors (Lipinski definition) is 4. The molecule has 2 heterocycles. The number of carbonyl (C=O) groups is 2. The van der Waals surface area contributed by atoms with Crippen molar-refractivity contribution in [3.05, 3.63) is 24.0 Å². The predicted molar refractivity (Wildman–Crippen MR) is 59.5 cm³/mol. The van der Waals surface area contributed by atoms with Crippen molar-refractivity contribution in [2.24, 2.45) is 0 Å². The SMILES string of the molecule is COc1cc2cc(C(=O)O)n(C(C)=O)c2cn1. The minimum Gasteiger partial charge on any atom is -0.481 e. The largest absolute Gasteiger partial charge is 0.481 e. The maximum absolute atomic E-state index is 11.4. The zero-order valence-corrected chi connectivity index (χ0v) is 9.30. The zero-order chi connectivity index (χ0) is 12.6. The van der Waals surface area contributed by atoms with Gasteiger partial charge in [0.05, 0.1) is 18.8 Å². The van der Waals surface area contributed by atoms with Gasteiger partial charge >= 0.3 is 5.97 Å². The fourth-order valence-corrected chi connectivity index (χ4v) is 1.70. The summed E-state index contributed by atoms with van der Waals surface area (Å²) >= 11 is 0. The average molecular weight is 234 g/mol. The number of hydrogen-bond donors (Lipinski definition) is 1. The number of aromatic nitrogens is 2. The van der Waals surface area contributed by atoms with Gasteiger partial charge in [-0.15, -0.1) is 0 Å². The van der Waals surface area contributed by atoms with Crippen LogP contribution in [0.15, 0.2) is 18.3 Å². The van der Waals surface area contributed by atoms with Crippen LogP contribution in [0.4, 0.5) is 0 Å². The molecule has 0 saturated carbocycles. The van der Waals surface area contributed by atoms with E-state index in [1.807, 2.05) is 0 Å². The van der Waals surface area contributed by atoms with Crippen LogP contribution in [0.1, 0.15) is 22.2 Å². The first-order valence-corrected chi connectivity index (χ1v) is 4.84. The topological polar surface area (TPSA) is 81.4 Å². The molecule has 88 valence electrons. The number of carbonyl (C=O) groups excluding carboxylic acids is 1. The van der Waals surface area contributed by atoms with E-state index in [9.17, 15) is 9.59 Å². The second kappa shape index (κ2) is 3.89. The summed E-state index contributed by atoms with van der Waals surface area (Å²) in [4.78, 5) is 26.4. The van der Waals surface area contributed by atoms with Gasteiger partial charge in [0.1, 0.15) is 5.69 Å². The van der Waals surface area contributed by atoms with Crippen LogP contribution in [0.25, 0.3) is 10.9 Å². The van der Waals surface area contributed by atoms with Crippen molar-refractivity contribution in [1.82, 2.24) is 9.55 Å². The van der Waals surface area contributed by atoms with Gasteiger partial charge in [0.15, 0.2) is 0 Å². The Kier molecular flexibility index (Phi) is 2.55. The van der Waals surface area contributed by atoms with Crippen LogP contribution >= 0.6 is 0 Å². The van der Waals surface area contributed by atoms with E-state index in [2.05, 4.69) is 4.98 Å². The predicted octanol–water partition coefficient (Wildman–Crippen LogP) is 1.40. The third kappa shape index (κ3) is 1.73. The van der Waals surface area contributed by atoms with E-state index in [1.54, 1.807) is 6.07 Å². The van der Waals surface area contributed by atoms with Crippen LogP contribution in [0.2, 0.25) is 0 Å². The first-order valence-electron chi connectivity index (χ1n) is 4.84. The van der Waals surface area contributed by atoms with Gasteiger partial charge in [-0.25, -0.2) is 9.78 Å². The first kappa shape index (κ1) is 11.1. The molecule has 17 heavy (non-hydrogen) atoms.